The molecule has 0 radical (unpaired) electrons. The van der Waals surface area contributed by atoms with Crippen LogP contribution >= 0.6 is 0 Å². The molecule has 7 nitrogen and oxygen atoms in total. The molecule has 2 N–H and O–H groups in total. The minimum Gasteiger partial charge on any atom is -0.480 e. The van der Waals surface area contributed by atoms with Gasteiger partial charge in [-0.05, 0) is 43.2 Å². The van der Waals surface area contributed by atoms with Gasteiger partial charge in [0.1, 0.15) is 11.6 Å². The van der Waals surface area contributed by atoms with Crippen molar-refractivity contribution < 1.29 is 13.9 Å². The SMILES string of the molecule is O=C(NC(c1nn[nH]n1)C1CCCC1)C1CCc2ccc(F)cc2O1. The van der Waals surface area contributed by atoms with Crippen LogP contribution in [0.1, 0.15) is 49.5 Å². The summed E-state index contributed by atoms with van der Waals surface area (Å²) < 4.78 is 19.2. The minimum atomic E-state index is -0.634. The average molecular weight is 345 g/mol. The zero-order valence-corrected chi connectivity index (χ0v) is 13.7. The molecule has 1 saturated carbocycles. The number of amides is 1. The number of aryl methyl sites for hydroxylation is 1. The summed E-state index contributed by atoms with van der Waals surface area (Å²) in [5.74, 6) is 0.674. The molecule has 1 aliphatic carbocycles. The molecule has 2 aromatic rings. The van der Waals surface area contributed by atoms with Crippen molar-refractivity contribution in [3.8, 4) is 5.75 Å². The highest BCUT2D eigenvalue weighted by Crippen LogP contribution is 2.35. The summed E-state index contributed by atoms with van der Waals surface area (Å²) in [5.41, 5.74) is 0.927. The van der Waals surface area contributed by atoms with Crippen LogP contribution in [0.3, 0.4) is 0 Å². The molecule has 0 spiro atoms. The minimum absolute atomic E-state index is 0.211. The summed E-state index contributed by atoms with van der Waals surface area (Å²) in [6, 6.07) is 4.18. The fraction of sp³-hybridized carbons (Fsp3) is 0.529. The van der Waals surface area contributed by atoms with E-state index in [1.165, 1.54) is 12.1 Å². The Labute approximate surface area is 144 Å². The van der Waals surface area contributed by atoms with Crippen molar-refractivity contribution >= 4 is 5.91 Å². The normalized spacial score (nSPS) is 21.4. The van der Waals surface area contributed by atoms with Crippen LogP contribution in [-0.2, 0) is 11.2 Å². The van der Waals surface area contributed by atoms with E-state index in [1.54, 1.807) is 6.07 Å². The molecule has 1 fully saturated rings. The highest BCUT2D eigenvalue weighted by molar-refractivity contribution is 5.82. The lowest BCUT2D eigenvalue weighted by molar-refractivity contribution is -0.130. The Morgan fingerprint density at radius 1 is 1.32 bits per heavy atom. The van der Waals surface area contributed by atoms with Crippen molar-refractivity contribution in [1.29, 1.82) is 0 Å². The molecule has 1 amide bonds. The Hall–Kier alpha value is -2.51. The van der Waals surface area contributed by atoms with E-state index < -0.39 is 6.10 Å². The molecule has 2 atom stereocenters. The number of fused-ring (bicyclic) bond motifs is 1. The van der Waals surface area contributed by atoms with Crippen molar-refractivity contribution in [3.63, 3.8) is 0 Å². The zero-order chi connectivity index (χ0) is 17.2. The second kappa shape index (κ2) is 6.78. The second-order valence-corrected chi connectivity index (χ2v) is 6.70. The number of nitrogens with one attached hydrogen (secondary N) is 2. The lowest BCUT2D eigenvalue weighted by atomic mass is 9.96. The maximum atomic E-state index is 13.4. The third-order valence-electron chi connectivity index (χ3n) is 5.08. The largest absolute Gasteiger partial charge is 0.480 e. The van der Waals surface area contributed by atoms with E-state index in [2.05, 4.69) is 25.9 Å². The number of halogens is 1. The van der Waals surface area contributed by atoms with Crippen LogP contribution < -0.4 is 10.1 Å². The number of tetrazole rings is 1. The molecule has 2 aliphatic rings. The van der Waals surface area contributed by atoms with Crippen LogP contribution in [0.5, 0.6) is 5.75 Å². The number of ether oxygens (including phenoxy) is 1. The van der Waals surface area contributed by atoms with Crippen molar-refractivity contribution in [3.05, 3.63) is 35.4 Å². The molecule has 2 unspecified atom stereocenters. The predicted octanol–water partition coefficient (Wildman–Crippen LogP) is 2.08. The van der Waals surface area contributed by atoms with Crippen LogP contribution in [0.2, 0.25) is 0 Å². The molecule has 8 heteroatoms. The smallest absolute Gasteiger partial charge is 0.261 e. The van der Waals surface area contributed by atoms with Gasteiger partial charge in [0, 0.05) is 6.07 Å². The van der Waals surface area contributed by atoms with Gasteiger partial charge in [-0.1, -0.05) is 24.1 Å². The Morgan fingerprint density at radius 2 is 2.16 bits per heavy atom. The molecule has 1 aromatic carbocycles. The summed E-state index contributed by atoms with van der Waals surface area (Å²) in [5, 5.41) is 17.2. The first kappa shape index (κ1) is 16.0. The Morgan fingerprint density at radius 3 is 2.92 bits per heavy atom. The van der Waals surface area contributed by atoms with Gasteiger partial charge in [0.05, 0.1) is 6.04 Å². The van der Waals surface area contributed by atoms with E-state index >= 15 is 0 Å². The van der Waals surface area contributed by atoms with Gasteiger partial charge in [-0.25, -0.2) is 4.39 Å². The number of hydrogen-bond acceptors (Lipinski definition) is 5. The first-order chi connectivity index (χ1) is 12.2. The van der Waals surface area contributed by atoms with Gasteiger partial charge in [-0.2, -0.15) is 5.21 Å². The lowest BCUT2D eigenvalue weighted by Crippen LogP contribution is -2.44. The maximum absolute atomic E-state index is 13.4. The summed E-state index contributed by atoms with van der Waals surface area (Å²) in [6.45, 7) is 0. The highest BCUT2D eigenvalue weighted by Gasteiger charge is 2.34. The molecule has 132 valence electrons. The van der Waals surface area contributed by atoms with E-state index in [0.717, 1.165) is 31.2 Å². The van der Waals surface area contributed by atoms with Gasteiger partial charge in [0.25, 0.3) is 5.91 Å². The van der Waals surface area contributed by atoms with Crippen molar-refractivity contribution in [2.24, 2.45) is 5.92 Å². The van der Waals surface area contributed by atoms with Crippen LogP contribution in [0.25, 0.3) is 0 Å². The lowest BCUT2D eigenvalue weighted by Gasteiger charge is -2.28. The van der Waals surface area contributed by atoms with Gasteiger partial charge in [0.2, 0.25) is 0 Å². The number of hydrogen-bond donors (Lipinski definition) is 2. The van der Waals surface area contributed by atoms with E-state index in [9.17, 15) is 9.18 Å². The number of carbonyl (C=O) groups excluding carboxylic acids is 1. The monoisotopic (exact) mass is 345 g/mol. The van der Waals surface area contributed by atoms with Crippen LogP contribution in [0.4, 0.5) is 4.39 Å². The third kappa shape index (κ3) is 3.33. The average Bonchev–Trinajstić information content (AvgIpc) is 3.32. The molecule has 4 rings (SSSR count). The molecule has 0 saturated heterocycles. The number of rotatable bonds is 4. The molecule has 1 aliphatic heterocycles. The molecule has 1 aromatic heterocycles. The summed E-state index contributed by atoms with van der Waals surface area (Å²) in [7, 11) is 0. The van der Waals surface area contributed by atoms with Gasteiger partial charge in [0.15, 0.2) is 11.9 Å². The molecule has 2 heterocycles. The number of H-pyrrole nitrogens is 1. The quantitative estimate of drug-likeness (QED) is 0.885. The van der Waals surface area contributed by atoms with Gasteiger partial charge < -0.3 is 10.1 Å². The van der Waals surface area contributed by atoms with E-state index in [1.807, 2.05) is 0 Å². The Balaban J connectivity index is 1.48. The van der Waals surface area contributed by atoms with E-state index in [4.69, 9.17) is 4.74 Å². The van der Waals surface area contributed by atoms with E-state index in [-0.39, 0.29) is 17.8 Å². The summed E-state index contributed by atoms with van der Waals surface area (Å²) in [6.07, 6.45) is 4.95. The predicted molar refractivity (Wildman–Crippen MR) is 86.2 cm³/mol. The zero-order valence-electron chi connectivity index (χ0n) is 13.7. The van der Waals surface area contributed by atoms with Gasteiger partial charge in [-0.15, -0.1) is 10.2 Å². The molecule has 25 heavy (non-hydrogen) atoms. The fourth-order valence-corrected chi connectivity index (χ4v) is 3.76. The van der Waals surface area contributed by atoms with Crippen LogP contribution in [-0.4, -0.2) is 32.6 Å². The van der Waals surface area contributed by atoms with Crippen molar-refractivity contribution in [2.75, 3.05) is 0 Å². The first-order valence-electron chi connectivity index (χ1n) is 8.69. The Kier molecular flexibility index (Phi) is 4.33. The maximum Gasteiger partial charge on any atom is 0.261 e. The molecular formula is C17H20FN5O2. The number of benzene rings is 1. The highest BCUT2D eigenvalue weighted by atomic mass is 19.1. The van der Waals surface area contributed by atoms with Gasteiger partial charge in [-0.3, -0.25) is 4.79 Å². The topological polar surface area (TPSA) is 92.8 Å². The number of carbonyl (C=O) groups is 1. The summed E-state index contributed by atoms with van der Waals surface area (Å²) in [4.78, 5) is 12.7. The van der Waals surface area contributed by atoms with Crippen molar-refractivity contribution in [2.45, 2.75) is 50.7 Å². The fourth-order valence-electron chi connectivity index (χ4n) is 3.76. The second-order valence-electron chi connectivity index (χ2n) is 6.70. The van der Waals surface area contributed by atoms with Gasteiger partial charge >= 0.3 is 0 Å². The third-order valence-corrected chi connectivity index (χ3v) is 5.08. The standard InChI is InChI=1S/C17H20FN5O2/c18-12-7-5-10-6-8-13(25-14(10)9-12)17(24)19-15(11-3-1-2-4-11)16-20-22-23-21-16/h5,7,9,11,13,15H,1-4,6,8H2,(H,19,24)(H,20,21,22,23). The molecular weight excluding hydrogens is 325 g/mol. The number of nitrogens with zero attached hydrogens (tertiary/aromatic N) is 3. The Bertz CT molecular complexity index is 746. The number of aromatic amines is 1. The van der Waals surface area contributed by atoms with Crippen molar-refractivity contribution in [1.82, 2.24) is 25.9 Å². The van der Waals surface area contributed by atoms with Crippen LogP contribution in [0.15, 0.2) is 18.2 Å². The first-order valence-corrected chi connectivity index (χ1v) is 8.69. The van der Waals surface area contributed by atoms with E-state index in [0.29, 0.717) is 30.3 Å². The molecule has 0 bridgehead atoms. The number of aromatic nitrogens is 4. The summed E-state index contributed by atoms with van der Waals surface area (Å²) >= 11 is 0. The van der Waals surface area contributed by atoms with Crippen LogP contribution in [0, 0.1) is 11.7 Å².